The van der Waals surface area contributed by atoms with Gasteiger partial charge in [0, 0.05) is 36.8 Å². The molecule has 4 aromatic rings. The summed E-state index contributed by atoms with van der Waals surface area (Å²) in [5, 5.41) is 1.00. The lowest BCUT2D eigenvalue weighted by atomic mass is 9.90. The van der Waals surface area contributed by atoms with Crippen molar-refractivity contribution in [3.8, 4) is 0 Å². The third-order valence-electron chi connectivity index (χ3n) is 7.39. The Kier molecular flexibility index (Phi) is 8.07. The van der Waals surface area contributed by atoms with Gasteiger partial charge in [-0.2, -0.15) is 13.2 Å². The number of nitrogens with zero attached hydrogens (tertiary/aromatic N) is 3. The van der Waals surface area contributed by atoms with Gasteiger partial charge in [-0.25, -0.2) is 0 Å². The summed E-state index contributed by atoms with van der Waals surface area (Å²) in [6.45, 7) is -0.0342. The van der Waals surface area contributed by atoms with Crippen LogP contribution in [0.15, 0.2) is 91.1 Å². The van der Waals surface area contributed by atoms with E-state index in [1.165, 1.54) is 6.20 Å². The molecule has 1 aromatic heterocycles. The van der Waals surface area contributed by atoms with Crippen molar-refractivity contribution in [3.63, 3.8) is 0 Å². The molecular formula is C31H27ClF3N3O2. The van der Waals surface area contributed by atoms with E-state index in [2.05, 4.69) is 4.98 Å². The highest BCUT2D eigenvalue weighted by atomic mass is 35.5. The minimum atomic E-state index is -5.04. The molecule has 1 aliphatic heterocycles. The molecule has 206 valence electrons. The first-order valence-corrected chi connectivity index (χ1v) is 13.4. The Balaban J connectivity index is 1.48. The molecule has 40 heavy (non-hydrogen) atoms. The molecule has 2 amide bonds. The number of amides is 2. The molecule has 0 N–H and O–H groups in total. The lowest BCUT2D eigenvalue weighted by molar-refractivity contribution is -0.189. The number of rotatable bonds is 6. The van der Waals surface area contributed by atoms with Crippen LogP contribution in [0.4, 0.5) is 13.2 Å². The summed E-state index contributed by atoms with van der Waals surface area (Å²) in [7, 11) is 0. The van der Waals surface area contributed by atoms with Crippen LogP contribution in [0.25, 0.3) is 10.9 Å². The van der Waals surface area contributed by atoms with Crippen molar-refractivity contribution in [1.29, 1.82) is 0 Å². The second kappa shape index (κ2) is 11.7. The lowest BCUT2D eigenvalue weighted by Crippen LogP contribution is -2.55. The maximum absolute atomic E-state index is 13.9. The molecule has 1 saturated heterocycles. The predicted octanol–water partition coefficient (Wildman–Crippen LogP) is 6.70. The van der Waals surface area contributed by atoms with Gasteiger partial charge in [0.15, 0.2) is 0 Å². The van der Waals surface area contributed by atoms with Crippen molar-refractivity contribution in [1.82, 2.24) is 14.8 Å². The maximum Gasteiger partial charge on any atom is 0.471 e. The highest BCUT2D eigenvalue weighted by molar-refractivity contribution is 6.33. The van der Waals surface area contributed by atoms with E-state index in [-0.39, 0.29) is 31.8 Å². The van der Waals surface area contributed by atoms with Gasteiger partial charge in [-0.05, 0) is 54.7 Å². The van der Waals surface area contributed by atoms with E-state index in [0.29, 0.717) is 33.5 Å². The standard InChI is InChI=1S/C31H27ClF3N3O2/c32-27-12-6-4-11-26(27)29(39)37-17-15-23(19-24(37)18-21-8-2-1-3-9-21)38(30(40)31(33,34)35)20-22-14-16-36-28-13-7-5-10-25(22)28/h1-14,16,23-24H,15,17-20H2/t23-,24+/m0/s1. The summed E-state index contributed by atoms with van der Waals surface area (Å²) >= 11 is 6.32. The van der Waals surface area contributed by atoms with Crippen LogP contribution >= 0.6 is 11.6 Å². The van der Waals surface area contributed by atoms with Crippen molar-refractivity contribution in [2.75, 3.05) is 6.54 Å². The number of carbonyl (C=O) groups excluding carboxylic acids is 2. The molecule has 1 aliphatic rings. The van der Waals surface area contributed by atoms with Crippen molar-refractivity contribution in [2.24, 2.45) is 0 Å². The fourth-order valence-electron chi connectivity index (χ4n) is 5.46. The molecule has 9 heteroatoms. The number of alkyl halides is 3. The minimum absolute atomic E-state index is 0.185. The maximum atomic E-state index is 13.9. The minimum Gasteiger partial charge on any atom is -0.335 e. The molecule has 0 bridgehead atoms. The number of para-hydroxylation sites is 1. The summed E-state index contributed by atoms with van der Waals surface area (Å²) in [5.41, 5.74) is 2.50. The Bertz CT molecular complexity index is 1510. The van der Waals surface area contributed by atoms with Gasteiger partial charge in [0.1, 0.15) is 0 Å². The van der Waals surface area contributed by atoms with Crippen LogP contribution in [0.5, 0.6) is 0 Å². The number of aromatic nitrogens is 1. The van der Waals surface area contributed by atoms with E-state index in [0.717, 1.165) is 10.5 Å². The molecular weight excluding hydrogens is 539 g/mol. The van der Waals surface area contributed by atoms with E-state index in [9.17, 15) is 22.8 Å². The molecule has 2 atom stereocenters. The Morgan fingerprint density at radius 3 is 2.40 bits per heavy atom. The number of halogens is 4. The van der Waals surface area contributed by atoms with E-state index < -0.39 is 24.2 Å². The van der Waals surface area contributed by atoms with Crippen molar-refractivity contribution < 1.29 is 22.8 Å². The quantitative estimate of drug-likeness (QED) is 0.262. The molecule has 2 heterocycles. The van der Waals surface area contributed by atoms with Crippen LogP contribution in [-0.2, 0) is 17.8 Å². The van der Waals surface area contributed by atoms with Gasteiger partial charge < -0.3 is 9.80 Å². The van der Waals surface area contributed by atoms with Gasteiger partial charge in [-0.15, -0.1) is 0 Å². The monoisotopic (exact) mass is 565 g/mol. The molecule has 0 unspecified atom stereocenters. The van der Waals surface area contributed by atoms with E-state index in [1.807, 2.05) is 30.3 Å². The molecule has 0 aliphatic carbocycles. The highest BCUT2D eigenvalue weighted by Crippen LogP contribution is 2.32. The Hall–Kier alpha value is -3.91. The number of benzene rings is 3. The second-order valence-electron chi connectivity index (χ2n) is 9.92. The Morgan fingerprint density at radius 1 is 0.950 bits per heavy atom. The number of likely N-dealkylation sites (tertiary alicyclic amines) is 1. The Labute approximate surface area is 235 Å². The third-order valence-corrected chi connectivity index (χ3v) is 7.72. The number of hydrogen-bond acceptors (Lipinski definition) is 3. The average Bonchev–Trinajstić information content (AvgIpc) is 2.95. The predicted molar refractivity (Wildman–Crippen MR) is 148 cm³/mol. The van der Waals surface area contributed by atoms with Gasteiger partial charge in [-0.3, -0.25) is 14.6 Å². The van der Waals surface area contributed by atoms with Gasteiger partial charge >= 0.3 is 12.1 Å². The van der Waals surface area contributed by atoms with Crippen LogP contribution < -0.4 is 0 Å². The van der Waals surface area contributed by atoms with Gasteiger partial charge in [0.25, 0.3) is 5.91 Å². The molecule has 5 nitrogen and oxygen atoms in total. The zero-order valence-electron chi connectivity index (χ0n) is 21.5. The first-order valence-electron chi connectivity index (χ1n) is 13.0. The number of fused-ring (bicyclic) bond motifs is 1. The number of hydrogen-bond donors (Lipinski definition) is 0. The molecule has 1 fully saturated rings. The summed E-state index contributed by atoms with van der Waals surface area (Å²) < 4.78 is 41.7. The fraction of sp³-hybridized carbons (Fsp3) is 0.258. The first-order chi connectivity index (χ1) is 19.2. The second-order valence-corrected chi connectivity index (χ2v) is 10.3. The van der Waals surface area contributed by atoms with Crippen molar-refractivity contribution in [3.05, 3.63) is 113 Å². The summed E-state index contributed by atoms with van der Waals surface area (Å²) in [5.74, 6) is -2.17. The van der Waals surface area contributed by atoms with Gasteiger partial charge in [-0.1, -0.05) is 72.3 Å². The highest BCUT2D eigenvalue weighted by Gasteiger charge is 2.46. The smallest absolute Gasteiger partial charge is 0.335 e. The fourth-order valence-corrected chi connectivity index (χ4v) is 5.67. The SMILES string of the molecule is O=C(c1ccccc1Cl)N1CC[C@H](N(Cc2ccnc3ccccc23)C(=O)C(F)(F)F)C[C@H]1Cc1ccccc1. The summed E-state index contributed by atoms with van der Waals surface area (Å²) in [6.07, 6.45) is -2.68. The zero-order chi connectivity index (χ0) is 28.3. The van der Waals surface area contributed by atoms with Crippen LogP contribution in [0, 0.1) is 0 Å². The van der Waals surface area contributed by atoms with Crippen LogP contribution in [0.2, 0.25) is 5.02 Å². The molecule has 5 rings (SSSR count). The molecule has 0 saturated carbocycles. The number of piperidine rings is 1. The largest absolute Gasteiger partial charge is 0.471 e. The topological polar surface area (TPSA) is 53.5 Å². The van der Waals surface area contributed by atoms with E-state index >= 15 is 0 Å². The van der Waals surface area contributed by atoms with Crippen LogP contribution in [0.3, 0.4) is 0 Å². The van der Waals surface area contributed by atoms with E-state index in [4.69, 9.17) is 11.6 Å². The van der Waals surface area contributed by atoms with Crippen molar-refractivity contribution in [2.45, 2.75) is 44.1 Å². The molecule has 0 spiro atoms. The van der Waals surface area contributed by atoms with Crippen LogP contribution in [-0.4, -0.2) is 51.4 Å². The van der Waals surface area contributed by atoms with Gasteiger partial charge in [0.05, 0.1) is 16.1 Å². The zero-order valence-corrected chi connectivity index (χ0v) is 22.3. The van der Waals surface area contributed by atoms with Gasteiger partial charge in [0.2, 0.25) is 0 Å². The lowest BCUT2D eigenvalue weighted by Gasteiger charge is -2.44. The summed E-state index contributed by atoms with van der Waals surface area (Å²) in [4.78, 5) is 33.4. The summed E-state index contributed by atoms with van der Waals surface area (Å²) in [6, 6.07) is 23.8. The number of pyridine rings is 1. The average molecular weight is 566 g/mol. The molecule has 3 aromatic carbocycles. The number of carbonyl (C=O) groups is 2. The molecule has 0 radical (unpaired) electrons. The van der Waals surface area contributed by atoms with Crippen molar-refractivity contribution >= 4 is 34.3 Å². The van der Waals surface area contributed by atoms with Crippen LogP contribution in [0.1, 0.15) is 34.3 Å². The Morgan fingerprint density at radius 2 is 1.65 bits per heavy atom. The third kappa shape index (κ3) is 5.97. The first kappa shape index (κ1) is 27.6. The normalized spacial score (nSPS) is 17.6. The van der Waals surface area contributed by atoms with E-state index in [1.54, 1.807) is 59.5 Å².